The molecule has 7 nitrogen and oxygen atoms in total. The molecule has 2 rings (SSSR count). The van der Waals surface area contributed by atoms with Crippen LogP contribution in [0.25, 0.3) is 0 Å². The molecule has 3 N–H and O–H groups in total. The second-order valence-corrected chi connectivity index (χ2v) is 9.69. The first-order valence-electron chi connectivity index (χ1n) is 11.5. The SMILES string of the molecule is CO[C@@H]1C[C@@H](/C(C)=C\[C@@H](C)CO)OC(=O)[C@@H](O)[C@H](O)Cc2cccc(c2)C(C)(C)[C@@H](OC)C1. The van der Waals surface area contributed by atoms with Crippen molar-refractivity contribution in [2.75, 3.05) is 20.8 Å². The molecule has 1 aliphatic heterocycles. The Hall–Kier alpha value is -1.77. The third kappa shape index (κ3) is 7.11. The van der Waals surface area contributed by atoms with E-state index >= 15 is 0 Å². The average Bonchev–Trinajstić information content (AvgIpc) is 2.79. The molecule has 1 heterocycles. The van der Waals surface area contributed by atoms with E-state index in [9.17, 15) is 20.1 Å². The van der Waals surface area contributed by atoms with Crippen LogP contribution in [0.4, 0.5) is 0 Å². The summed E-state index contributed by atoms with van der Waals surface area (Å²) in [6.45, 7) is 7.86. The van der Waals surface area contributed by atoms with Crippen LogP contribution < -0.4 is 0 Å². The van der Waals surface area contributed by atoms with Gasteiger partial charge >= 0.3 is 5.97 Å². The van der Waals surface area contributed by atoms with Gasteiger partial charge in [0.15, 0.2) is 6.10 Å². The lowest BCUT2D eigenvalue weighted by Gasteiger charge is -2.37. The monoisotopic (exact) mass is 464 g/mol. The smallest absolute Gasteiger partial charge is 0.338 e. The van der Waals surface area contributed by atoms with Gasteiger partial charge in [0.2, 0.25) is 0 Å². The minimum absolute atomic E-state index is 0.0370. The molecule has 0 aliphatic carbocycles. The molecule has 0 unspecified atom stereocenters. The largest absolute Gasteiger partial charge is 0.456 e. The minimum atomic E-state index is -1.68. The van der Waals surface area contributed by atoms with Gasteiger partial charge in [-0.1, -0.05) is 51.1 Å². The first-order valence-corrected chi connectivity index (χ1v) is 11.5. The molecule has 0 amide bonds. The van der Waals surface area contributed by atoms with E-state index in [4.69, 9.17) is 14.2 Å². The summed E-state index contributed by atoms with van der Waals surface area (Å²) in [5.41, 5.74) is 2.23. The molecule has 0 fully saturated rings. The Morgan fingerprint density at radius 1 is 1.24 bits per heavy atom. The molecule has 186 valence electrons. The molecular formula is C26H40O7. The zero-order valence-corrected chi connectivity index (χ0v) is 20.7. The Morgan fingerprint density at radius 2 is 1.94 bits per heavy atom. The second kappa shape index (κ2) is 12.1. The van der Waals surface area contributed by atoms with Crippen LogP contribution in [0.3, 0.4) is 0 Å². The number of esters is 1. The zero-order valence-electron chi connectivity index (χ0n) is 20.7. The Morgan fingerprint density at radius 3 is 2.55 bits per heavy atom. The maximum atomic E-state index is 12.7. The second-order valence-electron chi connectivity index (χ2n) is 9.69. The minimum Gasteiger partial charge on any atom is -0.456 e. The van der Waals surface area contributed by atoms with Gasteiger partial charge in [0.05, 0.1) is 18.3 Å². The van der Waals surface area contributed by atoms with Crippen molar-refractivity contribution in [1.82, 2.24) is 0 Å². The van der Waals surface area contributed by atoms with E-state index in [0.29, 0.717) is 12.8 Å². The number of aliphatic hydroxyl groups excluding tert-OH is 3. The van der Waals surface area contributed by atoms with Crippen LogP contribution in [0.1, 0.15) is 51.7 Å². The summed E-state index contributed by atoms with van der Waals surface area (Å²) in [6, 6.07) is 7.76. The van der Waals surface area contributed by atoms with E-state index in [-0.39, 0.29) is 36.6 Å². The summed E-state index contributed by atoms with van der Waals surface area (Å²) in [4.78, 5) is 12.7. The lowest BCUT2D eigenvalue weighted by Crippen LogP contribution is -2.42. The van der Waals surface area contributed by atoms with Crippen LogP contribution in [0.2, 0.25) is 0 Å². The molecule has 7 heteroatoms. The molecule has 0 aromatic heterocycles. The van der Waals surface area contributed by atoms with Crippen molar-refractivity contribution in [1.29, 1.82) is 0 Å². The Kier molecular flexibility index (Phi) is 10.1. The van der Waals surface area contributed by atoms with Gasteiger partial charge in [0.25, 0.3) is 0 Å². The first kappa shape index (κ1) is 27.5. The standard InChI is InChI=1S/C26H40O7/c1-16(15-27)10-17(2)22-13-20(31-5)14-23(32-6)26(3,4)19-9-7-8-18(11-19)12-21(28)24(29)25(30)33-22/h7-11,16,20-24,27-29H,12-15H2,1-6H3/b17-10-/t16-,20-,21-,22+,23+,24+/m1/s1. The quantitative estimate of drug-likeness (QED) is 0.454. The van der Waals surface area contributed by atoms with Crippen LogP contribution in [-0.4, -0.2) is 72.6 Å². The van der Waals surface area contributed by atoms with Gasteiger partial charge in [0, 0.05) is 45.5 Å². The number of hydrogen-bond acceptors (Lipinski definition) is 7. The van der Waals surface area contributed by atoms with Crippen molar-refractivity contribution in [2.24, 2.45) is 5.92 Å². The third-order valence-electron chi connectivity index (χ3n) is 6.70. The average molecular weight is 465 g/mol. The van der Waals surface area contributed by atoms with Crippen molar-refractivity contribution < 1.29 is 34.3 Å². The molecule has 0 saturated carbocycles. The fourth-order valence-corrected chi connectivity index (χ4v) is 4.39. The van der Waals surface area contributed by atoms with Gasteiger partial charge in [-0.2, -0.15) is 0 Å². The van der Waals surface area contributed by atoms with E-state index in [1.54, 1.807) is 14.2 Å². The normalized spacial score (nSPS) is 30.3. The molecule has 1 aromatic rings. The van der Waals surface area contributed by atoms with Crippen molar-refractivity contribution >= 4 is 5.97 Å². The maximum Gasteiger partial charge on any atom is 0.338 e. The molecule has 0 spiro atoms. The molecule has 33 heavy (non-hydrogen) atoms. The topological polar surface area (TPSA) is 105 Å². The summed E-state index contributed by atoms with van der Waals surface area (Å²) in [5, 5.41) is 30.5. The Balaban J connectivity index is 2.50. The number of fused-ring (bicyclic) bond motifs is 2. The van der Waals surface area contributed by atoms with Crippen LogP contribution >= 0.6 is 0 Å². The highest BCUT2D eigenvalue weighted by Crippen LogP contribution is 2.34. The van der Waals surface area contributed by atoms with Gasteiger partial charge < -0.3 is 29.5 Å². The summed E-state index contributed by atoms with van der Waals surface area (Å²) in [6.07, 6.45) is -1.28. The Bertz CT molecular complexity index is 804. The molecule has 2 bridgehead atoms. The number of benzene rings is 1. The summed E-state index contributed by atoms with van der Waals surface area (Å²) in [7, 11) is 3.29. The van der Waals surface area contributed by atoms with Crippen LogP contribution in [0.5, 0.6) is 0 Å². The van der Waals surface area contributed by atoms with Crippen LogP contribution in [0.15, 0.2) is 35.9 Å². The highest BCUT2D eigenvalue weighted by molar-refractivity contribution is 5.75. The van der Waals surface area contributed by atoms with Gasteiger partial charge in [0.1, 0.15) is 6.10 Å². The van der Waals surface area contributed by atoms with E-state index in [1.807, 2.05) is 44.2 Å². The van der Waals surface area contributed by atoms with Crippen molar-refractivity contribution in [3.63, 3.8) is 0 Å². The maximum absolute atomic E-state index is 12.7. The summed E-state index contributed by atoms with van der Waals surface area (Å²) < 4.78 is 17.3. The lowest BCUT2D eigenvalue weighted by atomic mass is 9.76. The number of methoxy groups -OCH3 is 2. The lowest BCUT2D eigenvalue weighted by molar-refractivity contribution is -0.165. The molecule has 6 atom stereocenters. The Labute approximate surface area is 197 Å². The number of ether oxygens (including phenoxy) is 3. The molecule has 1 aromatic carbocycles. The van der Waals surface area contributed by atoms with Gasteiger partial charge in [-0.3, -0.25) is 0 Å². The molecular weight excluding hydrogens is 424 g/mol. The molecule has 0 radical (unpaired) electrons. The number of aliphatic hydroxyl groups is 3. The fourth-order valence-electron chi connectivity index (χ4n) is 4.39. The summed E-state index contributed by atoms with van der Waals surface area (Å²) in [5.74, 6) is -1.01. The van der Waals surface area contributed by atoms with E-state index in [2.05, 4.69) is 13.8 Å². The molecule has 0 saturated heterocycles. The van der Waals surface area contributed by atoms with Gasteiger partial charge in [-0.25, -0.2) is 4.79 Å². The van der Waals surface area contributed by atoms with Crippen molar-refractivity contribution in [3.05, 3.63) is 47.0 Å². The molecule has 1 aliphatic rings. The fraction of sp³-hybridized carbons (Fsp3) is 0.654. The van der Waals surface area contributed by atoms with E-state index < -0.39 is 24.3 Å². The van der Waals surface area contributed by atoms with E-state index in [1.165, 1.54) is 0 Å². The first-order chi connectivity index (χ1) is 15.5. The number of cyclic esters (lactones) is 1. The van der Waals surface area contributed by atoms with Crippen LogP contribution in [0, 0.1) is 5.92 Å². The predicted octanol–water partition coefficient (Wildman–Crippen LogP) is 2.54. The number of carbonyl (C=O) groups excluding carboxylic acids is 1. The van der Waals surface area contributed by atoms with Crippen molar-refractivity contribution in [3.8, 4) is 0 Å². The van der Waals surface area contributed by atoms with Gasteiger partial charge in [-0.15, -0.1) is 0 Å². The van der Waals surface area contributed by atoms with Gasteiger partial charge in [-0.05, 0) is 29.5 Å². The number of hydrogen-bond donors (Lipinski definition) is 3. The van der Waals surface area contributed by atoms with Crippen LogP contribution in [-0.2, 0) is 30.8 Å². The third-order valence-corrected chi connectivity index (χ3v) is 6.70. The highest BCUT2D eigenvalue weighted by atomic mass is 16.6. The van der Waals surface area contributed by atoms with E-state index in [0.717, 1.165) is 16.7 Å². The summed E-state index contributed by atoms with van der Waals surface area (Å²) >= 11 is 0. The number of rotatable bonds is 5. The predicted molar refractivity (Wildman–Crippen MR) is 126 cm³/mol. The zero-order chi connectivity index (χ0) is 24.8. The number of carbonyl (C=O) groups is 1. The van der Waals surface area contributed by atoms with Crippen molar-refractivity contribution in [2.45, 2.75) is 82.9 Å². The highest BCUT2D eigenvalue weighted by Gasteiger charge is 2.36.